The lowest BCUT2D eigenvalue weighted by Crippen LogP contribution is -2.33. The van der Waals surface area contributed by atoms with Crippen molar-refractivity contribution in [3.05, 3.63) is 95.1 Å². The third-order valence-electron chi connectivity index (χ3n) is 4.82. The van der Waals surface area contributed by atoms with Crippen molar-refractivity contribution in [2.45, 2.75) is 24.7 Å². The Morgan fingerprint density at radius 1 is 0.889 bits per heavy atom. The van der Waals surface area contributed by atoms with Crippen LogP contribution >= 0.6 is 0 Å². The zero-order valence-electron chi connectivity index (χ0n) is 14.9. The van der Waals surface area contributed by atoms with Gasteiger partial charge in [0.1, 0.15) is 0 Å². The molecule has 0 aromatic heterocycles. The fourth-order valence-electron chi connectivity index (χ4n) is 3.43. The van der Waals surface area contributed by atoms with Crippen molar-refractivity contribution in [3.63, 3.8) is 0 Å². The predicted molar refractivity (Wildman–Crippen MR) is 105 cm³/mol. The second kappa shape index (κ2) is 6.67. The Labute approximate surface area is 159 Å². The Kier molecular flexibility index (Phi) is 4.32. The number of hydrogen-bond acceptors (Lipinski definition) is 3. The summed E-state index contributed by atoms with van der Waals surface area (Å²) in [7, 11) is -3.92. The van der Waals surface area contributed by atoms with Gasteiger partial charge in [-0.1, -0.05) is 60.2 Å². The molecule has 3 aromatic rings. The number of hydrogen-bond donors (Lipinski definition) is 0. The van der Waals surface area contributed by atoms with Gasteiger partial charge in [0.25, 0.3) is 10.0 Å². The van der Waals surface area contributed by atoms with Crippen LogP contribution in [0.25, 0.3) is 0 Å². The SMILES string of the molecule is Cc1ccc(S(=O)(=O)N2C(=O)Cc3c(Cc4ccccc4)cccc32)cc1. The molecule has 0 aliphatic carbocycles. The van der Waals surface area contributed by atoms with Crippen LogP contribution in [-0.2, 0) is 27.7 Å². The summed E-state index contributed by atoms with van der Waals surface area (Å²) in [5, 5.41) is 0. The van der Waals surface area contributed by atoms with Crippen molar-refractivity contribution in [3.8, 4) is 0 Å². The molecule has 0 radical (unpaired) electrons. The van der Waals surface area contributed by atoms with Gasteiger partial charge in [0.2, 0.25) is 5.91 Å². The lowest BCUT2D eigenvalue weighted by Gasteiger charge is -2.18. The minimum absolute atomic E-state index is 0.101. The maximum atomic E-state index is 13.1. The summed E-state index contributed by atoms with van der Waals surface area (Å²) in [6.07, 6.45) is 0.763. The third kappa shape index (κ3) is 3.15. The molecule has 3 aromatic carbocycles. The fourth-order valence-corrected chi connectivity index (χ4v) is 4.89. The molecule has 0 atom stereocenters. The van der Waals surface area contributed by atoms with Crippen LogP contribution in [-0.4, -0.2) is 14.3 Å². The maximum Gasteiger partial charge on any atom is 0.270 e. The highest BCUT2D eigenvalue weighted by Gasteiger charge is 2.38. The number of sulfonamides is 1. The summed E-state index contributed by atoms with van der Waals surface area (Å²) >= 11 is 0. The van der Waals surface area contributed by atoms with E-state index >= 15 is 0 Å². The quantitative estimate of drug-likeness (QED) is 0.694. The summed E-state index contributed by atoms with van der Waals surface area (Å²) < 4.78 is 27.1. The minimum Gasteiger partial charge on any atom is -0.273 e. The Morgan fingerprint density at radius 3 is 2.30 bits per heavy atom. The molecule has 0 spiro atoms. The number of aryl methyl sites for hydroxylation is 1. The minimum atomic E-state index is -3.92. The molecule has 1 amide bonds. The summed E-state index contributed by atoms with van der Waals surface area (Å²) in [6.45, 7) is 1.89. The molecular weight excluding hydrogens is 358 g/mol. The molecule has 1 aliphatic rings. The molecule has 0 fully saturated rings. The van der Waals surface area contributed by atoms with Gasteiger partial charge in [0, 0.05) is 0 Å². The number of carbonyl (C=O) groups excluding carboxylic acids is 1. The molecule has 5 heteroatoms. The zero-order valence-corrected chi connectivity index (χ0v) is 15.7. The molecular formula is C22H19NO3S. The molecule has 0 unspecified atom stereocenters. The lowest BCUT2D eigenvalue weighted by atomic mass is 9.98. The van der Waals surface area contributed by atoms with Crippen LogP contribution in [0.5, 0.6) is 0 Å². The molecule has 0 bridgehead atoms. The van der Waals surface area contributed by atoms with Crippen molar-refractivity contribution >= 4 is 21.6 Å². The van der Waals surface area contributed by atoms with Crippen molar-refractivity contribution in [1.29, 1.82) is 0 Å². The average Bonchev–Trinajstić information content (AvgIpc) is 3.01. The first-order valence-corrected chi connectivity index (χ1v) is 10.2. The van der Waals surface area contributed by atoms with E-state index in [1.807, 2.05) is 49.4 Å². The van der Waals surface area contributed by atoms with E-state index in [1.165, 1.54) is 0 Å². The Bertz CT molecular complexity index is 1100. The smallest absolute Gasteiger partial charge is 0.270 e. The number of anilines is 1. The molecule has 0 N–H and O–H groups in total. The normalized spacial score (nSPS) is 13.7. The van der Waals surface area contributed by atoms with Crippen LogP contribution in [0.3, 0.4) is 0 Å². The van der Waals surface area contributed by atoms with Crippen LogP contribution in [0.2, 0.25) is 0 Å². The number of benzene rings is 3. The van der Waals surface area contributed by atoms with Crippen molar-refractivity contribution in [2.24, 2.45) is 0 Å². The van der Waals surface area contributed by atoms with Gasteiger partial charge in [0.15, 0.2) is 0 Å². The van der Waals surface area contributed by atoms with E-state index < -0.39 is 15.9 Å². The molecule has 4 nitrogen and oxygen atoms in total. The van der Waals surface area contributed by atoms with Gasteiger partial charge in [-0.2, -0.15) is 0 Å². The highest BCUT2D eigenvalue weighted by molar-refractivity contribution is 7.93. The second-order valence-electron chi connectivity index (χ2n) is 6.73. The van der Waals surface area contributed by atoms with E-state index in [0.717, 1.165) is 26.6 Å². The van der Waals surface area contributed by atoms with Crippen molar-refractivity contribution in [1.82, 2.24) is 0 Å². The molecule has 1 heterocycles. The monoisotopic (exact) mass is 377 g/mol. The molecule has 1 aliphatic heterocycles. The lowest BCUT2D eigenvalue weighted by molar-refractivity contribution is -0.116. The van der Waals surface area contributed by atoms with Crippen LogP contribution < -0.4 is 4.31 Å². The van der Waals surface area contributed by atoms with Crippen LogP contribution in [0.15, 0.2) is 77.7 Å². The zero-order chi connectivity index (χ0) is 19.0. The van der Waals surface area contributed by atoms with E-state index in [1.54, 1.807) is 30.3 Å². The molecule has 136 valence electrons. The molecule has 4 rings (SSSR count). The number of rotatable bonds is 4. The largest absolute Gasteiger partial charge is 0.273 e. The van der Waals surface area contributed by atoms with Gasteiger partial charge < -0.3 is 0 Å². The average molecular weight is 377 g/mol. The first-order chi connectivity index (χ1) is 13.0. The molecule has 0 saturated heterocycles. The van der Waals surface area contributed by atoms with Crippen molar-refractivity contribution < 1.29 is 13.2 Å². The van der Waals surface area contributed by atoms with Gasteiger partial charge in [-0.3, -0.25) is 4.79 Å². The predicted octanol–water partition coefficient (Wildman–Crippen LogP) is 3.86. The Balaban J connectivity index is 1.76. The van der Waals surface area contributed by atoms with E-state index in [-0.39, 0.29) is 11.3 Å². The Hall–Kier alpha value is -2.92. The van der Waals surface area contributed by atoms with Crippen LogP contribution in [0.1, 0.15) is 22.3 Å². The van der Waals surface area contributed by atoms with Gasteiger partial charge in [-0.15, -0.1) is 0 Å². The van der Waals surface area contributed by atoms with Crippen LogP contribution in [0.4, 0.5) is 5.69 Å². The van der Waals surface area contributed by atoms with Gasteiger partial charge in [-0.25, -0.2) is 12.7 Å². The third-order valence-corrected chi connectivity index (χ3v) is 6.57. The highest BCUT2D eigenvalue weighted by atomic mass is 32.2. The first kappa shape index (κ1) is 17.5. The van der Waals surface area contributed by atoms with E-state index in [2.05, 4.69) is 0 Å². The summed E-state index contributed by atoms with van der Waals surface area (Å²) in [4.78, 5) is 12.8. The maximum absolute atomic E-state index is 13.1. The van der Waals surface area contributed by atoms with E-state index in [4.69, 9.17) is 0 Å². The van der Waals surface area contributed by atoms with Gasteiger partial charge in [-0.05, 0) is 48.2 Å². The first-order valence-electron chi connectivity index (χ1n) is 8.76. The van der Waals surface area contributed by atoms with Gasteiger partial charge >= 0.3 is 0 Å². The summed E-state index contributed by atoms with van der Waals surface area (Å²) in [5.41, 5.74) is 4.33. The summed E-state index contributed by atoms with van der Waals surface area (Å²) in [5.74, 6) is -0.411. The number of carbonyl (C=O) groups is 1. The topological polar surface area (TPSA) is 54.5 Å². The number of amides is 1. The van der Waals surface area contributed by atoms with E-state index in [9.17, 15) is 13.2 Å². The fraction of sp³-hybridized carbons (Fsp3) is 0.136. The van der Waals surface area contributed by atoms with Crippen LogP contribution in [0, 0.1) is 6.92 Å². The number of fused-ring (bicyclic) bond motifs is 1. The highest BCUT2D eigenvalue weighted by Crippen LogP contribution is 2.36. The number of nitrogens with zero attached hydrogens (tertiary/aromatic N) is 1. The Morgan fingerprint density at radius 2 is 1.59 bits per heavy atom. The molecule has 27 heavy (non-hydrogen) atoms. The standard InChI is InChI=1S/C22H19NO3S/c1-16-10-12-19(13-11-16)27(25,26)23-21-9-5-8-18(20(21)15-22(23)24)14-17-6-3-2-4-7-17/h2-13H,14-15H2,1H3. The van der Waals surface area contributed by atoms with Crippen molar-refractivity contribution in [2.75, 3.05) is 4.31 Å². The molecule has 0 saturated carbocycles. The van der Waals surface area contributed by atoms with E-state index in [0.29, 0.717) is 12.1 Å². The second-order valence-corrected chi connectivity index (χ2v) is 8.52. The summed E-state index contributed by atoms with van der Waals surface area (Å²) in [6, 6.07) is 22.0. The van der Waals surface area contributed by atoms with Gasteiger partial charge in [0.05, 0.1) is 17.0 Å².